The van der Waals surface area contributed by atoms with E-state index < -0.39 is 36.1 Å². The van der Waals surface area contributed by atoms with Gasteiger partial charge in [-0.2, -0.15) is 0 Å². The Bertz CT molecular complexity index is 1330. The summed E-state index contributed by atoms with van der Waals surface area (Å²) in [5, 5.41) is 11.1. The summed E-state index contributed by atoms with van der Waals surface area (Å²) < 4.78 is 5.77. The van der Waals surface area contributed by atoms with Crippen LogP contribution < -0.4 is 21.4 Å². The highest BCUT2D eigenvalue weighted by Gasteiger charge is 2.33. The molecule has 4 rings (SSSR count). The highest BCUT2D eigenvalue weighted by Crippen LogP contribution is 2.22. The van der Waals surface area contributed by atoms with Crippen molar-refractivity contribution in [2.24, 2.45) is 5.92 Å². The van der Waals surface area contributed by atoms with Crippen LogP contribution in [-0.4, -0.2) is 71.4 Å². The lowest BCUT2D eigenvalue weighted by atomic mass is 10.0. The van der Waals surface area contributed by atoms with Crippen LogP contribution in [0.1, 0.15) is 70.7 Å². The van der Waals surface area contributed by atoms with E-state index in [-0.39, 0.29) is 24.2 Å². The highest BCUT2D eigenvalue weighted by molar-refractivity contribution is 5.92. The van der Waals surface area contributed by atoms with Crippen molar-refractivity contribution in [2.75, 3.05) is 19.6 Å². The predicted molar refractivity (Wildman–Crippen MR) is 160 cm³/mol. The number of nitrogens with zero attached hydrogens (tertiary/aromatic N) is 2. The average Bonchev–Trinajstić information content (AvgIpc) is 2.97. The van der Waals surface area contributed by atoms with Gasteiger partial charge < -0.3 is 20.7 Å². The van der Waals surface area contributed by atoms with Gasteiger partial charge in [-0.1, -0.05) is 44.2 Å². The summed E-state index contributed by atoms with van der Waals surface area (Å²) >= 11 is 0. The Labute approximate surface area is 246 Å². The third-order valence-electron chi connectivity index (χ3n) is 7.51. The first-order valence-corrected chi connectivity index (χ1v) is 14.8. The summed E-state index contributed by atoms with van der Waals surface area (Å²) in [6.45, 7) is 8.61. The smallest absolute Gasteiger partial charge is 0.325 e. The van der Waals surface area contributed by atoms with Crippen LogP contribution in [-0.2, 0) is 23.9 Å². The number of pyridine rings is 1. The first kappa shape index (κ1) is 31.1. The number of rotatable bonds is 1. The molecule has 0 aliphatic carbocycles. The third-order valence-corrected chi connectivity index (χ3v) is 7.51. The fraction of sp³-hybridized carbons (Fsp3) is 0.516. The quantitative estimate of drug-likeness (QED) is 0.378. The van der Waals surface area contributed by atoms with Crippen molar-refractivity contribution in [2.45, 2.75) is 77.6 Å². The second-order valence-corrected chi connectivity index (χ2v) is 11.3. The zero-order chi connectivity index (χ0) is 30.2. The minimum atomic E-state index is -0.868. The number of amides is 3. The van der Waals surface area contributed by atoms with Gasteiger partial charge in [-0.15, -0.1) is 0 Å². The molecular weight excluding hydrogens is 536 g/mol. The van der Waals surface area contributed by atoms with Gasteiger partial charge in [-0.3, -0.25) is 24.2 Å². The monoisotopic (exact) mass is 578 g/mol. The number of aromatic nitrogens is 1. The molecule has 1 fully saturated rings. The van der Waals surface area contributed by atoms with Crippen molar-refractivity contribution >= 4 is 40.7 Å². The van der Waals surface area contributed by atoms with Crippen LogP contribution in [0.4, 0.5) is 0 Å². The van der Waals surface area contributed by atoms with Crippen LogP contribution in [0.2, 0.25) is 0 Å². The Kier molecular flexibility index (Phi) is 10.6. The average molecular weight is 579 g/mol. The van der Waals surface area contributed by atoms with E-state index in [0.29, 0.717) is 38.2 Å². The molecule has 0 radical (unpaired) electrons. The number of hydrazine groups is 1. The SMILES string of the molecule is CC(C)[C@@H]1NC(=O)CCNCC/C=C/c2ccc3ccc(nc3c2)[C@@H](C)OC(=O)[C@@H]2CCCN(N2)C(=O)[C@H](C)NC1=O. The van der Waals surface area contributed by atoms with E-state index in [1.807, 2.05) is 50.3 Å². The van der Waals surface area contributed by atoms with E-state index in [9.17, 15) is 19.2 Å². The number of nitrogens with one attached hydrogen (secondary N) is 4. The normalized spacial score (nSPS) is 26.4. The van der Waals surface area contributed by atoms with Crippen LogP contribution in [0.15, 0.2) is 36.4 Å². The lowest BCUT2D eigenvalue weighted by Gasteiger charge is -2.35. The summed E-state index contributed by atoms with van der Waals surface area (Å²) in [6.07, 6.45) is 5.60. The van der Waals surface area contributed by atoms with Crippen LogP contribution in [0, 0.1) is 5.92 Å². The van der Waals surface area contributed by atoms with Gasteiger partial charge in [0.2, 0.25) is 11.8 Å². The van der Waals surface area contributed by atoms with Gasteiger partial charge in [-0.25, -0.2) is 10.4 Å². The largest absolute Gasteiger partial charge is 0.455 e. The number of benzene rings is 1. The molecule has 4 N–H and O–H groups in total. The summed E-state index contributed by atoms with van der Waals surface area (Å²) in [7, 11) is 0. The van der Waals surface area contributed by atoms with Crippen molar-refractivity contribution in [3.8, 4) is 0 Å². The van der Waals surface area contributed by atoms with Gasteiger partial charge >= 0.3 is 5.97 Å². The Morgan fingerprint density at radius 1 is 1.02 bits per heavy atom. The van der Waals surface area contributed by atoms with Crippen molar-refractivity contribution in [3.05, 3.63) is 47.7 Å². The standard InChI is InChI=1S/C31H42N6O5/c1-19(2)28-29(39)33-20(3)30(40)37-17-7-9-25(36-37)31(41)42-21(4)24-13-12-23-11-10-22(18-26(23)34-24)8-5-6-15-32-16-14-27(38)35-28/h5,8,10-13,18-21,25,28,32,36H,6-7,9,14-17H2,1-4H3,(H,33,39)(H,35,38)/b8-5+/t20-,21+,25-,28-/m0/s1. The highest BCUT2D eigenvalue weighted by atomic mass is 16.5. The Balaban J connectivity index is 1.53. The molecule has 2 aliphatic rings. The lowest BCUT2D eigenvalue weighted by molar-refractivity contribution is -0.157. The van der Waals surface area contributed by atoms with Gasteiger partial charge in [0.1, 0.15) is 24.2 Å². The lowest BCUT2D eigenvalue weighted by Crippen LogP contribution is -2.61. The molecule has 1 aromatic carbocycles. The number of hydrogen-bond acceptors (Lipinski definition) is 8. The van der Waals surface area contributed by atoms with Crippen molar-refractivity contribution in [1.82, 2.24) is 31.4 Å². The minimum absolute atomic E-state index is 0.180. The van der Waals surface area contributed by atoms with Crippen LogP contribution in [0.25, 0.3) is 17.0 Å². The van der Waals surface area contributed by atoms with Crippen molar-refractivity contribution in [1.29, 1.82) is 0 Å². The maximum Gasteiger partial charge on any atom is 0.325 e. The molecule has 2 aliphatic heterocycles. The van der Waals surface area contributed by atoms with E-state index in [4.69, 9.17) is 9.72 Å². The molecular formula is C31H42N6O5. The summed E-state index contributed by atoms with van der Waals surface area (Å²) in [5.74, 6) is -1.71. The first-order valence-electron chi connectivity index (χ1n) is 14.8. The molecule has 3 heterocycles. The fourth-order valence-electron chi connectivity index (χ4n) is 5.02. The maximum absolute atomic E-state index is 13.2. The Morgan fingerprint density at radius 2 is 1.81 bits per heavy atom. The summed E-state index contributed by atoms with van der Waals surface area (Å²) in [4.78, 5) is 56.7. The molecule has 0 saturated carbocycles. The molecule has 11 heteroatoms. The predicted octanol–water partition coefficient (Wildman–Crippen LogP) is 2.38. The number of ether oxygens (including phenoxy) is 1. The van der Waals surface area contributed by atoms with E-state index >= 15 is 0 Å². The number of esters is 1. The number of carbonyl (C=O) groups is 4. The van der Waals surface area contributed by atoms with Crippen LogP contribution >= 0.6 is 0 Å². The maximum atomic E-state index is 13.2. The van der Waals surface area contributed by atoms with Crippen LogP contribution in [0.5, 0.6) is 0 Å². The van der Waals surface area contributed by atoms with E-state index in [2.05, 4.69) is 27.5 Å². The summed E-state index contributed by atoms with van der Waals surface area (Å²) in [6, 6.07) is 7.48. The van der Waals surface area contributed by atoms with Crippen molar-refractivity contribution < 1.29 is 23.9 Å². The first-order chi connectivity index (χ1) is 20.1. The number of hydrogen-bond donors (Lipinski definition) is 4. The molecule has 0 unspecified atom stereocenters. The second kappa shape index (κ2) is 14.4. The van der Waals surface area contributed by atoms with E-state index in [0.717, 1.165) is 22.9 Å². The number of carbonyl (C=O) groups excluding carboxylic acids is 4. The van der Waals surface area contributed by atoms with Gasteiger partial charge in [0.15, 0.2) is 0 Å². The molecule has 3 amide bonds. The van der Waals surface area contributed by atoms with Crippen LogP contribution in [0.3, 0.4) is 0 Å². The van der Waals surface area contributed by atoms with Gasteiger partial charge in [-0.05, 0) is 63.3 Å². The zero-order valence-corrected chi connectivity index (χ0v) is 24.8. The molecule has 1 aromatic heterocycles. The van der Waals surface area contributed by atoms with Gasteiger partial charge in [0.05, 0.1) is 11.2 Å². The third kappa shape index (κ3) is 8.13. The van der Waals surface area contributed by atoms with Crippen molar-refractivity contribution in [3.63, 3.8) is 0 Å². The molecule has 0 spiro atoms. The molecule has 42 heavy (non-hydrogen) atoms. The Hall–Kier alpha value is -3.83. The van der Waals surface area contributed by atoms with Gasteiger partial charge in [0.25, 0.3) is 5.91 Å². The molecule has 1 saturated heterocycles. The molecule has 5 bridgehead atoms. The Morgan fingerprint density at radius 3 is 2.60 bits per heavy atom. The second-order valence-electron chi connectivity index (χ2n) is 11.3. The van der Waals surface area contributed by atoms with E-state index in [1.54, 1.807) is 13.8 Å². The number of cyclic esters (lactones) is 1. The topological polar surface area (TPSA) is 142 Å². The molecule has 226 valence electrons. The number of fused-ring (bicyclic) bond motifs is 4. The minimum Gasteiger partial charge on any atom is -0.455 e. The zero-order valence-electron chi connectivity index (χ0n) is 24.8. The molecule has 11 nitrogen and oxygen atoms in total. The fourth-order valence-corrected chi connectivity index (χ4v) is 5.02. The summed E-state index contributed by atoms with van der Waals surface area (Å²) in [5.41, 5.74) is 5.42. The van der Waals surface area contributed by atoms with E-state index in [1.165, 1.54) is 5.01 Å². The molecule has 2 aromatic rings. The van der Waals surface area contributed by atoms with Gasteiger partial charge in [0, 0.05) is 24.9 Å². The molecule has 4 atom stereocenters.